The number of anilines is 1. The van der Waals surface area contributed by atoms with E-state index in [1.165, 1.54) is 30.6 Å². The number of likely N-dealkylation sites (tertiary alicyclic amines) is 1. The largest absolute Gasteiger partial charge is 0.489 e. The van der Waals surface area contributed by atoms with E-state index >= 15 is 0 Å². The lowest BCUT2D eigenvalue weighted by molar-refractivity contribution is 0.102. The van der Waals surface area contributed by atoms with E-state index in [9.17, 15) is 4.79 Å². The van der Waals surface area contributed by atoms with E-state index < -0.39 is 0 Å². The zero-order chi connectivity index (χ0) is 19.9. The molecule has 1 fully saturated rings. The lowest BCUT2D eigenvalue weighted by Crippen LogP contribution is -2.29. The third-order valence-electron chi connectivity index (χ3n) is 4.97. The topological polar surface area (TPSA) is 54.5 Å². The van der Waals surface area contributed by atoms with E-state index in [2.05, 4.69) is 15.2 Å². The monoisotopic (exact) mass is 407 g/mol. The molecule has 5 nitrogen and oxygen atoms in total. The second kappa shape index (κ2) is 9.67. The Morgan fingerprint density at radius 1 is 1.03 bits per heavy atom. The molecule has 150 valence electrons. The summed E-state index contributed by atoms with van der Waals surface area (Å²) in [6.45, 7) is 3.61. The third kappa shape index (κ3) is 5.65. The molecule has 1 aromatic heterocycles. The quantitative estimate of drug-likeness (QED) is 0.601. The second-order valence-corrected chi connectivity index (χ2v) is 8.09. The number of piperidine rings is 1. The number of amides is 1. The standard InChI is InChI=1S/C23H25N3O2S/c27-22(25-23-24-20(17-29-23)15-26-13-5-2-6-14-26)19-11-9-18(10-12-19)16-28-21-7-3-1-4-8-21/h1,3-4,7-12,17H,2,5-6,13-16H2,(H,24,25,27). The van der Waals surface area contributed by atoms with Crippen LogP contribution in [-0.2, 0) is 13.2 Å². The number of aromatic nitrogens is 1. The highest BCUT2D eigenvalue weighted by atomic mass is 32.1. The lowest BCUT2D eigenvalue weighted by atomic mass is 10.1. The molecule has 0 saturated carbocycles. The van der Waals surface area contributed by atoms with Gasteiger partial charge in [-0.15, -0.1) is 11.3 Å². The molecule has 2 heterocycles. The Morgan fingerprint density at radius 3 is 2.55 bits per heavy atom. The summed E-state index contributed by atoms with van der Waals surface area (Å²) < 4.78 is 5.74. The van der Waals surface area contributed by atoms with Gasteiger partial charge in [0.1, 0.15) is 12.4 Å². The van der Waals surface area contributed by atoms with Gasteiger partial charge in [0.15, 0.2) is 5.13 Å². The smallest absolute Gasteiger partial charge is 0.257 e. The maximum absolute atomic E-state index is 12.5. The maximum Gasteiger partial charge on any atom is 0.257 e. The summed E-state index contributed by atoms with van der Waals surface area (Å²) in [5.41, 5.74) is 2.66. The Morgan fingerprint density at radius 2 is 1.79 bits per heavy atom. The number of rotatable bonds is 7. The van der Waals surface area contributed by atoms with Crippen LogP contribution in [0, 0.1) is 0 Å². The highest BCUT2D eigenvalue weighted by Gasteiger charge is 2.14. The van der Waals surface area contributed by atoms with Gasteiger partial charge < -0.3 is 4.74 Å². The number of para-hydroxylation sites is 1. The molecule has 0 aliphatic carbocycles. The van der Waals surface area contributed by atoms with Gasteiger partial charge in [-0.1, -0.05) is 36.8 Å². The first kappa shape index (κ1) is 19.6. The van der Waals surface area contributed by atoms with Gasteiger partial charge in [-0.2, -0.15) is 0 Å². The molecule has 1 amide bonds. The van der Waals surface area contributed by atoms with Crippen molar-refractivity contribution in [2.45, 2.75) is 32.4 Å². The Bertz CT molecular complexity index is 919. The first-order valence-electron chi connectivity index (χ1n) is 10.0. The Labute approximate surface area is 175 Å². The Kier molecular flexibility index (Phi) is 6.54. The van der Waals surface area contributed by atoms with E-state index in [1.54, 1.807) is 0 Å². The van der Waals surface area contributed by atoms with Gasteiger partial charge in [-0.3, -0.25) is 15.0 Å². The number of nitrogens with one attached hydrogen (secondary N) is 1. The van der Waals surface area contributed by atoms with Crippen molar-refractivity contribution in [3.8, 4) is 5.75 Å². The van der Waals surface area contributed by atoms with Crippen LogP contribution >= 0.6 is 11.3 Å². The molecular weight excluding hydrogens is 382 g/mol. The van der Waals surface area contributed by atoms with Gasteiger partial charge in [0.25, 0.3) is 5.91 Å². The summed E-state index contributed by atoms with van der Waals surface area (Å²) in [6, 6.07) is 17.2. The number of hydrogen-bond acceptors (Lipinski definition) is 5. The van der Waals surface area contributed by atoms with Crippen molar-refractivity contribution in [3.63, 3.8) is 0 Å². The van der Waals surface area contributed by atoms with Crippen LogP contribution in [0.1, 0.15) is 40.9 Å². The number of hydrogen-bond donors (Lipinski definition) is 1. The van der Waals surface area contributed by atoms with Crippen molar-refractivity contribution in [2.24, 2.45) is 0 Å². The predicted octanol–water partition coefficient (Wildman–Crippen LogP) is 4.96. The van der Waals surface area contributed by atoms with Crippen molar-refractivity contribution in [1.82, 2.24) is 9.88 Å². The van der Waals surface area contributed by atoms with Crippen molar-refractivity contribution < 1.29 is 9.53 Å². The highest BCUT2D eigenvalue weighted by Crippen LogP contribution is 2.20. The van der Waals surface area contributed by atoms with Crippen LogP contribution in [0.5, 0.6) is 5.75 Å². The average molecular weight is 408 g/mol. The van der Waals surface area contributed by atoms with E-state index in [1.807, 2.05) is 60.0 Å². The number of benzene rings is 2. The van der Waals surface area contributed by atoms with Crippen LogP contribution in [0.4, 0.5) is 5.13 Å². The molecule has 2 aromatic carbocycles. The molecule has 6 heteroatoms. The molecule has 1 aliphatic heterocycles. The molecule has 0 spiro atoms. The zero-order valence-electron chi connectivity index (χ0n) is 16.3. The van der Waals surface area contributed by atoms with Crippen molar-refractivity contribution in [3.05, 3.63) is 76.8 Å². The van der Waals surface area contributed by atoms with E-state index in [0.29, 0.717) is 17.3 Å². The van der Waals surface area contributed by atoms with Crippen LogP contribution in [0.2, 0.25) is 0 Å². The molecule has 0 atom stereocenters. The summed E-state index contributed by atoms with van der Waals surface area (Å²) in [5.74, 6) is 0.692. The number of carbonyl (C=O) groups is 1. The molecule has 3 aromatic rings. The van der Waals surface area contributed by atoms with E-state index in [0.717, 1.165) is 36.6 Å². The highest BCUT2D eigenvalue weighted by molar-refractivity contribution is 7.13. The Balaban J connectivity index is 1.29. The average Bonchev–Trinajstić information content (AvgIpc) is 3.20. The molecule has 1 saturated heterocycles. The number of thiazole rings is 1. The van der Waals surface area contributed by atoms with Crippen LogP contribution in [0.15, 0.2) is 60.0 Å². The molecule has 0 radical (unpaired) electrons. The van der Waals surface area contributed by atoms with Gasteiger partial charge >= 0.3 is 0 Å². The molecule has 4 rings (SSSR count). The minimum absolute atomic E-state index is 0.139. The number of nitrogens with zero attached hydrogens (tertiary/aromatic N) is 2. The SMILES string of the molecule is O=C(Nc1nc(CN2CCCCC2)cs1)c1ccc(COc2ccccc2)cc1. The number of ether oxygens (including phenoxy) is 1. The van der Waals surface area contributed by atoms with Crippen LogP contribution in [0.25, 0.3) is 0 Å². The van der Waals surface area contributed by atoms with Gasteiger partial charge in [-0.05, 0) is 55.8 Å². The molecule has 1 N–H and O–H groups in total. The summed E-state index contributed by atoms with van der Waals surface area (Å²) in [6.07, 6.45) is 3.85. The predicted molar refractivity (Wildman–Crippen MR) is 116 cm³/mol. The first-order valence-corrected chi connectivity index (χ1v) is 10.9. The van der Waals surface area contributed by atoms with Gasteiger partial charge in [0.2, 0.25) is 0 Å². The fourth-order valence-electron chi connectivity index (χ4n) is 3.39. The minimum Gasteiger partial charge on any atom is -0.489 e. The summed E-state index contributed by atoms with van der Waals surface area (Å²) in [5, 5.41) is 5.60. The zero-order valence-corrected chi connectivity index (χ0v) is 17.2. The molecule has 0 bridgehead atoms. The first-order chi connectivity index (χ1) is 14.3. The maximum atomic E-state index is 12.5. The number of carbonyl (C=O) groups excluding carboxylic acids is 1. The van der Waals surface area contributed by atoms with Gasteiger partial charge in [0.05, 0.1) is 5.69 Å². The van der Waals surface area contributed by atoms with Crippen molar-refractivity contribution >= 4 is 22.4 Å². The Hall–Kier alpha value is -2.70. The second-order valence-electron chi connectivity index (χ2n) is 7.23. The summed E-state index contributed by atoms with van der Waals surface area (Å²) in [7, 11) is 0. The van der Waals surface area contributed by atoms with Gasteiger partial charge in [0, 0.05) is 17.5 Å². The molecule has 29 heavy (non-hydrogen) atoms. The fraction of sp³-hybridized carbons (Fsp3) is 0.304. The van der Waals surface area contributed by atoms with Crippen LogP contribution in [0.3, 0.4) is 0 Å². The normalized spacial score (nSPS) is 14.5. The summed E-state index contributed by atoms with van der Waals surface area (Å²) in [4.78, 5) is 19.5. The third-order valence-corrected chi connectivity index (χ3v) is 5.78. The van der Waals surface area contributed by atoms with Crippen molar-refractivity contribution in [2.75, 3.05) is 18.4 Å². The molecular formula is C23H25N3O2S. The molecule has 0 unspecified atom stereocenters. The lowest BCUT2D eigenvalue weighted by Gasteiger charge is -2.25. The minimum atomic E-state index is -0.139. The van der Waals surface area contributed by atoms with Crippen LogP contribution in [-0.4, -0.2) is 28.9 Å². The van der Waals surface area contributed by atoms with E-state index in [-0.39, 0.29) is 5.91 Å². The summed E-state index contributed by atoms with van der Waals surface area (Å²) >= 11 is 1.48. The fourth-order valence-corrected chi connectivity index (χ4v) is 4.09. The van der Waals surface area contributed by atoms with E-state index in [4.69, 9.17) is 4.74 Å². The van der Waals surface area contributed by atoms with Gasteiger partial charge in [-0.25, -0.2) is 4.98 Å². The van der Waals surface area contributed by atoms with Crippen molar-refractivity contribution in [1.29, 1.82) is 0 Å². The van der Waals surface area contributed by atoms with Crippen LogP contribution < -0.4 is 10.1 Å². The molecule has 1 aliphatic rings.